The van der Waals surface area contributed by atoms with Crippen LogP contribution in [0.5, 0.6) is 5.75 Å². The van der Waals surface area contributed by atoms with Crippen molar-refractivity contribution >= 4 is 16.9 Å². The lowest BCUT2D eigenvalue weighted by atomic mass is 10.1. The molecule has 0 amide bonds. The summed E-state index contributed by atoms with van der Waals surface area (Å²) in [5.74, 6) is -0.0444. The monoisotopic (exact) mass is 374 g/mol. The van der Waals surface area contributed by atoms with E-state index >= 15 is 0 Å². The zero-order valence-corrected chi connectivity index (χ0v) is 15.7. The van der Waals surface area contributed by atoms with E-state index < -0.39 is 11.6 Å². The molecule has 0 unspecified atom stereocenters. The van der Waals surface area contributed by atoms with E-state index in [9.17, 15) is 9.59 Å². The molecule has 2 heterocycles. The Morgan fingerprint density at radius 2 is 1.96 bits per heavy atom. The molecule has 0 spiro atoms. The molecule has 0 atom stereocenters. The van der Waals surface area contributed by atoms with Gasteiger partial charge in [0, 0.05) is 17.1 Å². The summed E-state index contributed by atoms with van der Waals surface area (Å²) in [5.41, 5.74) is 3.31. The van der Waals surface area contributed by atoms with E-state index in [0.717, 1.165) is 22.3 Å². The molecule has 1 aromatic carbocycles. The fourth-order valence-corrected chi connectivity index (χ4v) is 2.89. The van der Waals surface area contributed by atoms with E-state index in [-0.39, 0.29) is 12.1 Å². The maximum atomic E-state index is 11.9. The van der Waals surface area contributed by atoms with Gasteiger partial charge in [0.05, 0.1) is 24.9 Å². The van der Waals surface area contributed by atoms with Crippen molar-refractivity contribution in [3.05, 3.63) is 57.2 Å². The number of carbonyl (C=O) groups is 1. The molecule has 3 aromatic rings. The predicted molar refractivity (Wildman–Crippen MR) is 99.1 cm³/mol. The summed E-state index contributed by atoms with van der Waals surface area (Å²) < 4.78 is 17.5. The summed E-state index contributed by atoms with van der Waals surface area (Å²) in [4.78, 5) is 23.3. The van der Waals surface area contributed by atoms with Crippen molar-refractivity contribution in [2.75, 3.05) is 13.7 Å². The molecule has 8 heteroatoms. The third-order valence-corrected chi connectivity index (χ3v) is 4.16. The van der Waals surface area contributed by atoms with Crippen LogP contribution in [-0.4, -0.2) is 34.9 Å². The maximum absolute atomic E-state index is 11.9. The molecule has 0 saturated carbocycles. The van der Waals surface area contributed by atoms with Crippen LogP contribution < -0.4 is 10.4 Å². The average molecular weight is 374 g/mol. The van der Waals surface area contributed by atoms with Gasteiger partial charge in [-0.15, -0.1) is 0 Å². The first-order valence-electron chi connectivity index (χ1n) is 8.16. The molecule has 0 aliphatic carbocycles. The molecular weight excluding hydrogens is 352 g/mol. The molecule has 144 valence electrons. The van der Waals surface area contributed by atoms with Gasteiger partial charge in [0.15, 0.2) is 6.61 Å². The largest absolute Gasteiger partial charge is 0.481 e. The van der Waals surface area contributed by atoms with Gasteiger partial charge in [0.2, 0.25) is 0 Å². The number of aryl methyl sites for hydroxylation is 3. The van der Waals surface area contributed by atoms with Gasteiger partial charge in [0.25, 0.3) is 0 Å². The Morgan fingerprint density at radius 1 is 1.22 bits per heavy atom. The standard InChI is InChI=1S/C19H20N2O5.H2O/c1-11-7-17(22)26-19-14(11)5-6-16(25-10-18(23)24-4)15(19)9-21-13(3)8-12(2)20-21;/h5-8H,9-10H2,1-4H3;1H2. The number of fused-ring (bicyclic) bond motifs is 1. The van der Waals surface area contributed by atoms with Crippen LogP contribution >= 0.6 is 0 Å². The number of rotatable bonds is 5. The molecule has 0 fully saturated rings. The fraction of sp³-hybridized carbons (Fsp3) is 0.316. The number of aromatic nitrogens is 2. The normalized spacial score (nSPS) is 10.5. The second-order valence-electron chi connectivity index (χ2n) is 6.12. The minimum absolute atomic E-state index is 0. The molecule has 0 aliphatic heterocycles. The van der Waals surface area contributed by atoms with Crippen molar-refractivity contribution in [3.63, 3.8) is 0 Å². The minimum Gasteiger partial charge on any atom is -0.481 e. The van der Waals surface area contributed by atoms with Gasteiger partial charge >= 0.3 is 11.6 Å². The Kier molecular flexibility index (Phi) is 6.02. The van der Waals surface area contributed by atoms with Gasteiger partial charge in [-0.2, -0.15) is 5.10 Å². The van der Waals surface area contributed by atoms with Crippen LogP contribution in [0.3, 0.4) is 0 Å². The predicted octanol–water partition coefficient (Wildman–Crippen LogP) is 1.69. The SMILES string of the molecule is COC(=O)COc1ccc2c(C)cc(=O)oc2c1Cn1nc(C)cc1C.O. The molecule has 8 nitrogen and oxygen atoms in total. The van der Waals surface area contributed by atoms with Crippen molar-refractivity contribution < 1.29 is 24.2 Å². The van der Waals surface area contributed by atoms with Crippen LogP contribution in [0.4, 0.5) is 0 Å². The third-order valence-electron chi connectivity index (χ3n) is 4.16. The second-order valence-corrected chi connectivity index (χ2v) is 6.12. The average Bonchev–Trinajstić information content (AvgIpc) is 2.91. The second kappa shape index (κ2) is 8.05. The number of benzene rings is 1. The van der Waals surface area contributed by atoms with E-state index in [4.69, 9.17) is 9.15 Å². The highest BCUT2D eigenvalue weighted by Gasteiger charge is 2.17. The highest BCUT2D eigenvalue weighted by molar-refractivity contribution is 5.85. The number of hydrogen-bond acceptors (Lipinski definition) is 6. The van der Waals surface area contributed by atoms with Crippen molar-refractivity contribution in [1.82, 2.24) is 9.78 Å². The molecule has 0 saturated heterocycles. The Labute approximate surface area is 155 Å². The topological polar surface area (TPSA) is 115 Å². The summed E-state index contributed by atoms with van der Waals surface area (Å²) in [6.07, 6.45) is 0. The molecule has 3 rings (SSSR count). The third kappa shape index (κ3) is 4.17. The van der Waals surface area contributed by atoms with Gasteiger partial charge < -0.3 is 19.4 Å². The number of methoxy groups -OCH3 is 1. The van der Waals surface area contributed by atoms with Crippen LogP contribution in [0, 0.1) is 20.8 Å². The Morgan fingerprint density at radius 3 is 2.59 bits per heavy atom. The first kappa shape index (κ1) is 20.2. The maximum Gasteiger partial charge on any atom is 0.343 e. The van der Waals surface area contributed by atoms with E-state index in [1.165, 1.54) is 13.2 Å². The zero-order chi connectivity index (χ0) is 18.8. The molecular formula is C19H22N2O6. The van der Waals surface area contributed by atoms with Crippen molar-refractivity contribution in [2.24, 2.45) is 0 Å². The number of carbonyl (C=O) groups excluding carboxylic acids is 1. The molecule has 2 aromatic heterocycles. The highest BCUT2D eigenvalue weighted by atomic mass is 16.6. The van der Waals surface area contributed by atoms with Gasteiger partial charge in [0.1, 0.15) is 11.3 Å². The van der Waals surface area contributed by atoms with E-state index in [1.807, 2.05) is 32.9 Å². The summed E-state index contributed by atoms with van der Waals surface area (Å²) >= 11 is 0. The van der Waals surface area contributed by atoms with E-state index in [0.29, 0.717) is 23.4 Å². The summed E-state index contributed by atoms with van der Waals surface area (Å²) in [6, 6.07) is 6.98. The van der Waals surface area contributed by atoms with Gasteiger partial charge in [-0.1, -0.05) is 0 Å². The fourth-order valence-electron chi connectivity index (χ4n) is 2.89. The molecule has 0 aliphatic rings. The van der Waals surface area contributed by atoms with Crippen LogP contribution in [0.15, 0.2) is 33.5 Å². The molecule has 2 N–H and O–H groups in total. The van der Waals surface area contributed by atoms with Crippen LogP contribution in [-0.2, 0) is 16.1 Å². The summed E-state index contributed by atoms with van der Waals surface area (Å²) in [5, 5.41) is 5.27. The van der Waals surface area contributed by atoms with Crippen molar-refractivity contribution in [1.29, 1.82) is 0 Å². The van der Waals surface area contributed by atoms with Gasteiger partial charge in [-0.05, 0) is 44.5 Å². The number of hydrogen-bond donors (Lipinski definition) is 0. The Balaban J connectivity index is 0.00000261. The van der Waals surface area contributed by atoms with Gasteiger partial charge in [-0.25, -0.2) is 9.59 Å². The Bertz CT molecular complexity index is 1030. The van der Waals surface area contributed by atoms with E-state index in [2.05, 4.69) is 9.84 Å². The van der Waals surface area contributed by atoms with Crippen LogP contribution in [0.1, 0.15) is 22.5 Å². The van der Waals surface area contributed by atoms with Crippen LogP contribution in [0.2, 0.25) is 0 Å². The van der Waals surface area contributed by atoms with E-state index in [1.54, 1.807) is 10.7 Å². The summed E-state index contributed by atoms with van der Waals surface area (Å²) in [7, 11) is 1.30. The lowest BCUT2D eigenvalue weighted by Crippen LogP contribution is -2.15. The Hall–Kier alpha value is -3.13. The number of nitrogens with zero attached hydrogens (tertiary/aromatic N) is 2. The zero-order valence-electron chi connectivity index (χ0n) is 15.7. The smallest absolute Gasteiger partial charge is 0.343 e. The minimum atomic E-state index is -0.493. The number of ether oxygens (including phenoxy) is 2. The van der Waals surface area contributed by atoms with Crippen LogP contribution in [0.25, 0.3) is 11.0 Å². The first-order chi connectivity index (χ1) is 12.4. The number of esters is 1. The molecule has 0 radical (unpaired) electrons. The van der Waals surface area contributed by atoms with Crippen molar-refractivity contribution in [2.45, 2.75) is 27.3 Å². The lowest BCUT2D eigenvalue weighted by molar-refractivity contribution is -0.142. The molecule has 0 bridgehead atoms. The highest BCUT2D eigenvalue weighted by Crippen LogP contribution is 2.30. The first-order valence-corrected chi connectivity index (χ1v) is 8.16. The summed E-state index contributed by atoms with van der Waals surface area (Å²) in [6.45, 7) is 5.82. The van der Waals surface area contributed by atoms with Gasteiger partial charge in [-0.3, -0.25) is 4.68 Å². The van der Waals surface area contributed by atoms with Crippen molar-refractivity contribution in [3.8, 4) is 5.75 Å². The lowest BCUT2D eigenvalue weighted by Gasteiger charge is -2.14. The molecule has 27 heavy (non-hydrogen) atoms. The quantitative estimate of drug-likeness (QED) is 0.496.